The molecule has 0 aliphatic carbocycles. The fraction of sp³-hybridized carbons (Fsp3) is 0.385. The molecule has 1 aromatic carbocycles. The highest BCUT2D eigenvalue weighted by Crippen LogP contribution is 2.21. The van der Waals surface area contributed by atoms with Gasteiger partial charge < -0.3 is 24.4 Å². The number of carboxylic acid groups (broad SMARTS) is 1. The van der Waals surface area contributed by atoms with Crippen LogP contribution < -0.4 is 5.32 Å². The van der Waals surface area contributed by atoms with E-state index in [0.717, 1.165) is 6.07 Å². The normalized spacial score (nSPS) is 10.1. The molecule has 116 valence electrons. The summed E-state index contributed by atoms with van der Waals surface area (Å²) in [5.74, 6) is -1.68. The molecule has 1 rings (SSSR count). The third-order valence-corrected chi connectivity index (χ3v) is 2.37. The first-order chi connectivity index (χ1) is 10.0. The number of hydrogen-bond acceptors (Lipinski definition) is 6. The van der Waals surface area contributed by atoms with Crippen molar-refractivity contribution in [1.29, 1.82) is 0 Å². The topological polar surface area (TPSA) is 114 Å². The number of aromatic carboxylic acids is 1. The molecule has 0 unspecified atom stereocenters. The van der Waals surface area contributed by atoms with Crippen LogP contribution in [-0.2, 0) is 14.2 Å². The van der Waals surface area contributed by atoms with Crippen LogP contribution in [0.5, 0.6) is 5.75 Å². The highest BCUT2D eigenvalue weighted by atomic mass is 16.6. The van der Waals surface area contributed by atoms with E-state index in [-0.39, 0.29) is 30.2 Å². The number of carbonyl (C=O) groups excluding carboxylic acids is 1. The van der Waals surface area contributed by atoms with Crippen LogP contribution in [0.15, 0.2) is 18.2 Å². The first-order valence-corrected chi connectivity index (χ1v) is 6.11. The molecule has 1 amide bonds. The van der Waals surface area contributed by atoms with Crippen molar-refractivity contribution in [3.05, 3.63) is 23.8 Å². The molecule has 0 radical (unpaired) electrons. The van der Waals surface area contributed by atoms with Gasteiger partial charge in [-0.15, -0.1) is 0 Å². The Morgan fingerprint density at radius 3 is 2.57 bits per heavy atom. The van der Waals surface area contributed by atoms with E-state index in [4.69, 9.17) is 19.3 Å². The number of benzene rings is 1. The Hall–Kier alpha value is -2.32. The van der Waals surface area contributed by atoms with Crippen molar-refractivity contribution in [3.63, 3.8) is 0 Å². The summed E-state index contributed by atoms with van der Waals surface area (Å²) in [5, 5.41) is 20.5. The minimum atomic E-state index is -1.30. The van der Waals surface area contributed by atoms with Gasteiger partial charge in [0, 0.05) is 12.8 Å². The molecule has 0 aliphatic heterocycles. The lowest BCUT2D eigenvalue weighted by molar-refractivity contribution is 0.0447. The number of nitrogens with one attached hydrogen (secondary N) is 1. The molecule has 8 nitrogen and oxygen atoms in total. The Morgan fingerprint density at radius 2 is 1.90 bits per heavy atom. The zero-order chi connectivity index (χ0) is 15.7. The maximum absolute atomic E-state index is 11.4. The van der Waals surface area contributed by atoms with Crippen molar-refractivity contribution in [2.45, 2.75) is 0 Å². The molecule has 0 heterocycles. The summed E-state index contributed by atoms with van der Waals surface area (Å²) in [4.78, 5) is 22.3. The Morgan fingerprint density at radius 1 is 1.19 bits per heavy atom. The largest absolute Gasteiger partial charge is 0.507 e. The maximum atomic E-state index is 11.4. The summed E-state index contributed by atoms with van der Waals surface area (Å²) >= 11 is 0. The number of amides is 1. The fourth-order valence-electron chi connectivity index (χ4n) is 1.38. The number of carboxylic acids is 1. The third-order valence-electron chi connectivity index (χ3n) is 2.37. The van der Waals surface area contributed by atoms with E-state index in [2.05, 4.69) is 5.32 Å². The molecule has 21 heavy (non-hydrogen) atoms. The maximum Gasteiger partial charge on any atom is 0.411 e. The van der Waals surface area contributed by atoms with Crippen LogP contribution in [0, 0.1) is 0 Å². The number of carbonyl (C=O) groups is 2. The molecule has 0 atom stereocenters. The lowest BCUT2D eigenvalue weighted by Gasteiger charge is -2.08. The molecule has 0 aliphatic rings. The lowest BCUT2D eigenvalue weighted by Crippen LogP contribution is -2.17. The van der Waals surface area contributed by atoms with Gasteiger partial charge in [0.2, 0.25) is 0 Å². The molecule has 0 bridgehead atoms. The van der Waals surface area contributed by atoms with E-state index in [0.29, 0.717) is 13.2 Å². The van der Waals surface area contributed by atoms with Crippen LogP contribution in [-0.4, -0.2) is 55.8 Å². The van der Waals surface area contributed by atoms with Crippen LogP contribution in [0.25, 0.3) is 0 Å². The number of phenols is 1. The van der Waals surface area contributed by atoms with Crippen molar-refractivity contribution in [2.75, 3.05) is 38.9 Å². The second-order valence-corrected chi connectivity index (χ2v) is 3.90. The number of aromatic hydroxyl groups is 1. The van der Waals surface area contributed by atoms with Crippen LogP contribution in [0.4, 0.5) is 10.5 Å². The van der Waals surface area contributed by atoms with Gasteiger partial charge >= 0.3 is 12.1 Å². The summed E-state index contributed by atoms with van der Waals surface area (Å²) in [7, 11) is 1.55. The van der Waals surface area contributed by atoms with E-state index in [1.54, 1.807) is 7.11 Å². The van der Waals surface area contributed by atoms with Gasteiger partial charge in [0.15, 0.2) is 0 Å². The van der Waals surface area contributed by atoms with E-state index in [1.165, 1.54) is 12.1 Å². The van der Waals surface area contributed by atoms with E-state index in [9.17, 15) is 14.7 Å². The van der Waals surface area contributed by atoms with Gasteiger partial charge in [-0.1, -0.05) is 0 Å². The van der Waals surface area contributed by atoms with Gasteiger partial charge in [0.25, 0.3) is 0 Å². The smallest absolute Gasteiger partial charge is 0.411 e. The van der Waals surface area contributed by atoms with E-state index >= 15 is 0 Å². The van der Waals surface area contributed by atoms with Gasteiger partial charge in [-0.05, 0) is 18.2 Å². The average Bonchev–Trinajstić information content (AvgIpc) is 2.44. The molecule has 0 saturated carbocycles. The van der Waals surface area contributed by atoms with Crippen LogP contribution >= 0.6 is 0 Å². The second kappa shape index (κ2) is 8.77. The van der Waals surface area contributed by atoms with Gasteiger partial charge in [-0.3, -0.25) is 5.32 Å². The molecule has 8 heteroatoms. The summed E-state index contributed by atoms with van der Waals surface area (Å²) in [6, 6.07) is 3.67. The standard InChI is InChI=1S/C13H17NO7/c1-19-4-5-20-6-7-21-13(18)14-9-2-3-11(15)10(8-9)12(16)17/h2-3,8,15H,4-7H2,1H3,(H,14,18)(H,16,17). The van der Waals surface area contributed by atoms with Crippen molar-refractivity contribution in [1.82, 2.24) is 0 Å². The molecule has 0 fully saturated rings. The van der Waals surface area contributed by atoms with Gasteiger partial charge in [0.05, 0.1) is 19.8 Å². The number of ether oxygens (including phenoxy) is 3. The number of methoxy groups -OCH3 is 1. The Labute approximate surface area is 121 Å². The summed E-state index contributed by atoms with van der Waals surface area (Å²) in [5.41, 5.74) is -0.105. The van der Waals surface area contributed by atoms with Crippen molar-refractivity contribution in [2.24, 2.45) is 0 Å². The third kappa shape index (κ3) is 6.11. The second-order valence-electron chi connectivity index (χ2n) is 3.90. The molecule has 3 N–H and O–H groups in total. The summed E-state index contributed by atoms with van der Waals surface area (Å²) in [6.45, 7) is 1.14. The predicted molar refractivity (Wildman–Crippen MR) is 72.7 cm³/mol. The highest BCUT2D eigenvalue weighted by Gasteiger charge is 2.11. The minimum absolute atomic E-state index is 0.0550. The average molecular weight is 299 g/mol. The highest BCUT2D eigenvalue weighted by molar-refractivity contribution is 5.93. The molecular weight excluding hydrogens is 282 g/mol. The summed E-state index contributed by atoms with van der Waals surface area (Å²) < 4.78 is 14.7. The molecule has 0 saturated heterocycles. The predicted octanol–water partition coefficient (Wildman–Crippen LogP) is 1.30. The molecule has 0 spiro atoms. The first-order valence-electron chi connectivity index (χ1n) is 6.11. The number of anilines is 1. The van der Waals surface area contributed by atoms with Crippen LogP contribution in [0.3, 0.4) is 0 Å². The number of hydrogen-bond donors (Lipinski definition) is 3. The first kappa shape index (κ1) is 16.7. The molecule has 1 aromatic rings. The Kier molecular flexibility index (Phi) is 6.99. The van der Waals surface area contributed by atoms with Crippen LogP contribution in [0.1, 0.15) is 10.4 Å². The minimum Gasteiger partial charge on any atom is -0.507 e. The van der Waals surface area contributed by atoms with E-state index < -0.39 is 12.1 Å². The van der Waals surface area contributed by atoms with Crippen molar-refractivity contribution >= 4 is 17.7 Å². The Balaban J connectivity index is 2.38. The molecule has 0 aromatic heterocycles. The number of rotatable bonds is 8. The zero-order valence-corrected chi connectivity index (χ0v) is 11.5. The fourth-order valence-corrected chi connectivity index (χ4v) is 1.38. The van der Waals surface area contributed by atoms with Gasteiger partial charge in [-0.2, -0.15) is 0 Å². The summed E-state index contributed by atoms with van der Waals surface area (Å²) in [6.07, 6.45) is -0.743. The lowest BCUT2D eigenvalue weighted by atomic mass is 10.2. The van der Waals surface area contributed by atoms with Gasteiger partial charge in [0.1, 0.15) is 17.9 Å². The SMILES string of the molecule is COCCOCCOC(=O)Nc1ccc(O)c(C(=O)O)c1. The quantitative estimate of drug-likeness (QED) is 0.489. The van der Waals surface area contributed by atoms with E-state index in [1.807, 2.05) is 0 Å². The Bertz CT molecular complexity index is 489. The zero-order valence-electron chi connectivity index (χ0n) is 11.5. The van der Waals surface area contributed by atoms with Gasteiger partial charge in [-0.25, -0.2) is 9.59 Å². The van der Waals surface area contributed by atoms with Crippen molar-refractivity contribution in [3.8, 4) is 5.75 Å². The molecular formula is C13H17NO7. The van der Waals surface area contributed by atoms with Crippen LogP contribution in [0.2, 0.25) is 0 Å². The van der Waals surface area contributed by atoms with Crippen molar-refractivity contribution < 1.29 is 34.0 Å². The monoisotopic (exact) mass is 299 g/mol.